The lowest BCUT2D eigenvalue weighted by Crippen LogP contribution is -2.33. The molecule has 1 aliphatic carbocycles. The Morgan fingerprint density at radius 3 is 2.74 bits per heavy atom. The number of nitrogens with one attached hydrogen (secondary N) is 1. The number of nitrogens with zero attached hydrogens (tertiary/aromatic N) is 2. The lowest BCUT2D eigenvalue weighted by atomic mass is 9.73. The van der Waals surface area contributed by atoms with Crippen molar-refractivity contribution < 1.29 is 4.79 Å². The van der Waals surface area contributed by atoms with Gasteiger partial charge in [-0.3, -0.25) is 9.48 Å². The zero-order chi connectivity index (χ0) is 13.9. The molecular formula is C15H25N3O. The van der Waals surface area contributed by atoms with Gasteiger partial charge in [0.05, 0.1) is 12.2 Å². The average Bonchev–Trinajstić information content (AvgIpc) is 2.76. The maximum absolute atomic E-state index is 12.2. The summed E-state index contributed by atoms with van der Waals surface area (Å²) >= 11 is 0. The van der Waals surface area contributed by atoms with E-state index in [-0.39, 0.29) is 17.4 Å². The highest BCUT2D eigenvalue weighted by molar-refractivity contribution is 5.77. The Labute approximate surface area is 115 Å². The summed E-state index contributed by atoms with van der Waals surface area (Å²) in [5.41, 5.74) is 1.27. The summed E-state index contributed by atoms with van der Waals surface area (Å²) in [6.45, 7) is 4.26. The molecule has 1 atom stereocenters. The van der Waals surface area contributed by atoms with Crippen LogP contribution < -0.4 is 5.32 Å². The Hall–Kier alpha value is -1.32. The topological polar surface area (TPSA) is 46.9 Å². The lowest BCUT2D eigenvalue weighted by Gasteiger charge is -2.33. The molecule has 1 heterocycles. The highest BCUT2D eigenvalue weighted by atomic mass is 16.1. The SMILES string of the molecule is C[C@@H](NC(=O)CC1(C)CCCCC1)c1cnn(C)c1. The second kappa shape index (κ2) is 5.76. The van der Waals surface area contributed by atoms with E-state index in [1.807, 2.05) is 26.4 Å². The molecule has 0 aliphatic heterocycles. The van der Waals surface area contributed by atoms with Crippen LogP contribution in [-0.2, 0) is 11.8 Å². The second-order valence-electron chi connectivity index (χ2n) is 6.28. The highest BCUT2D eigenvalue weighted by Crippen LogP contribution is 2.38. The van der Waals surface area contributed by atoms with Gasteiger partial charge < -0.3 is 5.32 Å². The standard InChI is InChI=1S/C15H25N3O/c1-12(13-10-16-18(3)11-13)17-14(19)9-15(2)7-5-4-6-8-15/h10-12H,4-9H2,1-3H3,(H,17,19)/t12-/m1/s1. The molecular weight excluding hydrogens is 238 g/mol. The summed E-state index contributed by atoms with van der Waals surface area (Å²) in [4.78, 5) is 12.2. The van der Waals surface area contributed by atoms with Crippen LogP contribution in [-0.4, -0.2) is 15.7 Å². The summed E-state index contributed by atoms with van der Waals surface area (Å²) in [7, 11) is 1.89. The van der Waals surface area contributed by atoms with E-state index in [2.05, 4.69) is 17.3 Å². The quantitative estimate of drug-likeness (QED) is 0.908. The molecule has 19 heavy (non-hydrogen) atoms. The number of hydrogen-bond acceptors (Lipinski definition) is 2. The Bertz CT molecular complexity index is 432. The number of carbonyl (C=O) groups is 1. The maximum atomic E-state index is 12.2. The van der Waals surface area contributed by atoms with Crippen molar-refractivity contribution in [3.05, 3.63) is 18.0 Å². The van der Waals surface area contributed by atoms with Gasteiger partial charge in [-0.05, 0) is 25.2 Å². The molecule has 1 aromatic rings. The van der Waals surface area contributed by atoms with Crippen LogP contribution >= 0.6 is 0 Å². The third-order valence-electron chi connectivity index (χ3n) is 4.25. The molecule has 1 N–H and O–H groups in total. The van der Waals surface area contributed by atoms with Crippen LogP contribution in [0.1, 0.15) is 64.0 Å². The third-order valence-corrected chi connectivity index (χ3v) is 4.25. The molecule has 1 amide bonds. The van der Waals surface area contributed by atoms with Crippen LogP contribution in [0.15, 0.2) is 12.4 Å². The van der Waals surface area contributed by atoms with E-state index < -0.39 is 0 Å². The molecule has 0 radical (unpaired) electrons. The van der Waals surface area contributed by atoms with Crippen molar-refractivity contribution in [2.75, 3.05) is 0 Å². The smallest absolute Gasteiger partial charge is 0.221 e. The molecule has 0 spiro atoms. The van der Waals surface area contributed by atoms with Gasteiger partial charge in [0.15, 0.2) is 0 Å². The van der Waals surface area contributed by atoms with Crippen molar-refractivity contribution in [1.29, 1.82) is 0 Å². The van der Waals surface area contributed by atoms with Crippen molar-refractivity contribution in [3.63, 3.8) is 0 Å². The molecule has 2 rings (SSSR count). The summed E-state index contributed by atoms with van der Waals surface area (Å²) in [6, 6.07) is 0.0355. The normalized spacial score (nSPS) is 19.9. The number of hydrogen-bond donors (Lipinski definition) is 1. The summed E-state index contributed by atoms with van der Waals surface area (Å²) in [6.07, 6.45) is 10.6. The molecule has 0 unspecified atom stereocenters. The van der Waals surface area contributed by atoms with E-state index in [4.69, 9.17) is 0 Å². The fourth-order valence-corrected chi connectivity index (χ4v) is 3.01. The number of carbonyl (C=O) groups excluding carboxylic acids is 1. The molecule has 1 saturated carbocycles. The largest absolute Gasteiger partial charge is 0.349 e. The predicted molar refractivity (Wildman–Crippen MR) is 75.6 cm³/mol. The van der Waals surface area contributed by atoms with Crippen molar-refractivity contribution in [2.24, 2.45) is 12.5 Å². The average molecular weight is 263 g/mol. The Kier molecular flexibility index (Phi) is 4.27. The van der Waals surface area contributed by atoms with E-state index in [9.17, 15) is 4.79 Å². The van der Waals surface area contributed by atoms with Crippen molar-refractivity contribution >= 4 is 5.91 Å². The second-order valence-corrected chi connectivity index (χ2v) is 6.28. The first-order valence-corrected chi connectivity index (χ1v) is 7.26. The van der Waals surface area contributed by atoms with Gasteiger partial charge in [-0.25, -0.2) is 0 Å². The minimum Gasteiger partial charge on any atom is -0.349 e. The van der Waals surface area contributed by atoms with E-state index >= 15 is 0 Å². The third kappa shape index (κ3) is 3.82. The molecule has 4 heteroatoms. The molecule has 0 saturated heterocycles. The maximum Gasteiger partial charge on any atom is 0.221 e. The zero-order valence-electron chi connectivity index (χ0n) is 12.3. The van der Waals surface area contributed by atoms with Crippen LogP contribution in [0.3, 0.4) is 0 Å². The van der Waals surface area contributed by atoms with Crippen LogP contribution in [0.5, 0.6) is 0 Å². The molecule has 1 aliphatic rings. The van der Waals surface area contributed by atoms with Crippen molar-refractivity contribution in [2.45, 2.75) is 58.4 Å². The molecule has 0 aromatic carbocycles. The van der Waals surface area contributed by atoms with Gasteiger partial charge in [-0.2, -0.15) is 5.10 Å². The molecule has 0 bridgehead atoms. The Morgan fingerprint density at radius 2 is 2.16 bits per heavy atom. The monoisotopic (exact) mass is 263 g/mol. The Balaban J connectivity index is 1.87. The Morgan fingerprint density at radius 1 is 1.47 bits per heavy atom. The van der Waals surface area contributed by atoms with Gasteiger partial charge in [0.25, 0.3) is 0 Å². The van der Waals surface area contributed by atoms with E-state index in [1.165, 1.54) is 32.1 Å². The minimum atomic E-state index is 0.0355. The first kappa shape index (κ1) is 14.1. The molecule has 4 nitrogen and oxygen atoms in total. The van der Waals surface area contributed by atoms with Crippen LogP contribution in [0.25, 0.3) is 0 Å². The minimum absolute atomic E-state index is 0.0355. The number of amides is 1. The van der Waals surface area contributed by atoms with E-state index in [0.717, 1.165) is 5.56 Å². The first-order valence-electron chi connectivity index (χ1n) is 7.26. The molecule has 1 aromatic heterocycles. The first-order chi connectivity index (χ1) is 8.98. The van der Waals surface area contributed by atoms with Gasteiger partial charge in [0.2, 0.25) is 5.91 Å². The van der Waals surface area contributed by atoms with Crippen LogP contribution in [0.2, 0.25) is 0 Å². The molecule has 1 fully saturated rings. The summed E-state index contributed by atoms with van der Waals surface area (Å²) < 4.78 is 1.76. The summed E-state index contributed by atoms with van der Waals surface area (Å²) in [5.74, 6) is 0.167. The summed E-state index contributed by atoms with van der Waals surface area (Å²) in [5, 5.41) is 7.23. The van der Waals surface area contributed by atoms with Crippen molar-refractivity contribution in [3.8, 4) is 0 Å². The zero-order valence-corrected chi connectivity index (χ0v) is 12.3. The number of aryl methyl sites for hydroxylation is 1. The lowest BCUT2D eigenvalue weighted by molar-refractivity contribution is -0.124. The van der Waals surface area contributed by atoms with Gasteiger partial charge in [0.1, 0.15) is 0 Å². The predicted octanol–water partition coefficient (Wildman–Crippen LogP) is 2.96. The van der Waals surface area contributed by atoms with Crippen LogP contribution in [0, 0.1) is 5.41 Å². The van der Waals surface area contributed by atoms with E-state index in [1.54, 1.807) is 4.68 Å². The number of rotatable bonds is 4. The van der Waals surface area contributed by atoms with Gasteiger partial charge >= 0.3 is 0 Å². The number of aromatic nitrogens is 2. The van der Waals surface area contributed by atoms with E-state index in [0.29, 0.717) is 6.42 Å². The fourth-order valence-electron chi connectivity index (χ4n) is 3.01. The van der Waals surface area contributed by atoms with Crippen molar-refractivity contribution in [1.82, 2.24) is 15.1 Å². The molecule has 106 valence electrons. The van der Waals surface area contributed by atoms with Crippen LogP contribution in [0.4, 0.5) is 0 Å². The van der Waals surface area contributed by atoms with Gasteiger partial charge in [-0.15, -0.1) is 0 Å². The van der Waals surface area contributed by atoms with Gasteiger partial charge in [-0.1, -0.05) is 26.2 Å². The highest BCUT2D eigenvalue weighted by Gasteiger charge is 2.29. The van der Waals surface area contributed by atoms with Gasteiger partial charge in [0, 0.05) is 25.2 Å². The fraction of sp³-hybridized carbons (Fsp3) is 0.733.